The summed E-state index contributed by atoms with van der Waals surface area (Å²) in [7, 11) is 0. The van der Waals surface area contributed by atoms with Crippen LogP contribution < -0.4 is 0 Å². The van der Waals surface area contributed by atoms with E-state index in [1.807, 2.05) is 17.4 Å². The van der Waals surface area contributed by atoms with Crippen molar-refractivity contribution in [2.75, 3.05) is 0 Å². The van der Waals surface area contributed by atoms with Gasteiger partial charge in [-0.3, -0.25) is 0 Å². The number of para-hydroxylation sites is 1. The Hall–Kier alpha value is -0.890. The van der Waals surface area contributed by atoms with Gasteiger partial charge in [-0.15, -0.1) is 11.3 Å². The molecule has 1 aliphatic rings. The molecule has 0 unspecified atom stereocenters. The lowest BCUT2D eigenvalue weighted by Crippen LogP contribution is -1.73. The fourth-order valence-corrected chi connectivity index (χ4v) is 2.37. The minimum atomic E-state index is 1.15. The molecule has 3 rings (SSSR count). The molecule has 0 amide bonds. The van der Waals surface area contributed by atoms with Crippen molar-refractivity contribution in [3.05, 3.63) is 35.2 Å². The molecule has 1 fully saturated rings. The van der Waals surface area contributed by atoms with E-state index in [0.717, 1.165) is 5.52 Å². The van der Waals surface area contributed by atoms with Crippen LogP contribution in [0.25, 0.3) is 10.2 Å². The molecule has 1 aromatic carbocycles. The van der Waals surface area contributed by atoms with Crippen molar-refractivity contribution in [3.8, 4) is 0 Å². The second-order valence-corrected chi connectivity index (χ2v) is 4.12. The summed E-state index contributed by atoms with van der Waals surface area (Å²) in [6, 6.07) is 8.34. The third-order valence-corrected chi connectivity index (χ3v) is 3.23. The van der Waals surface area contributed by atoms with Crippen LogP contribution >= 0.6 is 11.3 Å². The Kier molecular flexibility index (Phi) is 1.27. The smallest absolute Gasteiger partial charge is 0.101 e. The number of fused-ring (bicyclic) bond motifs is 1. The number of hydrogen-bond acceptors (Lipinski definition) is 2. The largest absolute Gasteiger partial charge is 0.241 e. The zero-order chi connectivity index (χ0) is 7.97. The van der Waals surface area contributed by atoms with Crippen LogP contribution in [0, 0.1) is 5.92 Å². The van der Waals surface area contributed by atoms with Crippen LogP contribution in [-0.2, 0) is 0 Å². The van der Waals surface area contributed by atoms with Crippen LogP contribution in [0.1, 0.15) is 17.8 Å². The molecule has 1 saturated carbocycles. The number of rotatable bonds is 1. The molecule has 2 aromatic rings. The first-order valence-corrected chi connectivity index (χ1v) is 4.96. The Morgan fingerprint density at radius 3 is 2.75 bits per heavy atom. The molecule has 0 aliphatic heterocycles. The maximum absolute atomic E-state index is 4.56. The van der Waals surface area contributed by atoms with E-state index in [1.54, 1.807) is 0 Å². The zero-order valence-corrected chi connectivity index (χ0v) is 7.40. The maximum atomic E-state index is 4.56. The van der Waals surface area contributed by atoms with Gasteiger partial charge in [0.1, 0.15) is 5.01 Å². The van der Waals surface area contributed by atoms with Gasteiger partial charge in [-0.25, -0.2) is 4.98 Å². The molecule has 59 valence electrons. The molecule has 1 aliphatic carbocycles. The van der Waals surface area contributed by atoms with E-state index in [2.05, 4.69) is 23.2 Å². The summed E-state index contributed by atoms with van der Waals surface area (Å²) in [5, 5.41) is 1.26. The molecular weight excluding hydrogens is 166 g/mol. The van der Waals surface area contributed by atoms with Crippen LogP contribution in [-0.4, -0.2) is 4.98 Å². The summed E-state index contributed by atoms with van der Waals surface area (Å²) >= 11 is 1.82. The van der Waals surface area contributed by atoms with Crippen molar-refractivity contribution in [1.82, 2.24) is 4.98 Å². The standard InChI is InChI=1S/C10H8NS/c1-2-4-9-8(3-1)11-10(12-9)7-5-6-7/h1-4H,5-6H2. The first kappa shape index (κ1) is 6.61. The molecule has 0 spiro atoms. The average molecular weight is 174 g/mol. The summed E-state index contributed by atoms with van der Waals surface area (Å²) in [5.74, 6) is 1.54. The van der Waals surface area contributed by atoms with Crippen molar-refractivity contribution in [1.29, 1.82) is 0 Å². The van der Waals surface area contributed by atoms with E-state index in [4.69, 9.17) is 0 Å². The lowest BCUT2D eigenvalue weighted by Gasteiger charge is -1.81. The zero-order valence-electron chi connectivity index (χ0n) is 6.58. The third-order valence-electron chi connectivity index (χ3n) is 2.10. The monoisotopic (exact) mass is 174 g/mol. The summed E-state index contributed by atoms with van der Waals surface area (Å²) in [6.45, 7) is 0. The van der Waals surface area contributed by atoms with Crippen LogP contribution in [0.5, 0.6) is 0 Å². The number of thiazole rings is 1. The van der Waals surface area contributed by atoms with Gasteiger partial charge >= 0.3 is 0 Å². The highest BCUT2D eigenvalue weighted by Crippen LogP contribution is 2.41. The van der Waals surface area contributed by atoms with E-state index in [1.165, 1.54) is 28.5 Å². The van der Waals surface area contributed by atoms with Gasteiger partial charge in [0.2, 0.25) is 0 Å². The highest BCUT2D eigenvalue weighted by atomic mass is 32.1. The van der Waals surface area contributed by atoms with Gasteiger partial charge in [-0.1, -0.05) is 12.1 Å². The van der Waals surface area contributed by atoms with Gasteiger partial charge in [-0.05, 0) is 25.0 Å². The molecule has 0 N–H and O–H groups in total. The molecule has 1 radical (unpaired) electrons. The topological polar surface area (TPSA) is 12.9 Å². The second-order valence-electron chi connectivity index (χ2n) is 3.09. The van der Waals surface area contributed by atoms with Crippen LogP contribution in [0.4, 0.5) is 0 Å². The molecule has 12 heavy (non-hydrogen) atoms. The van der Waals surface area contributed by atoms with E-state index in [9.17, 15) is 0 Å². The fourth-order valence-electron chi connectivity index (χ4n) is 1.30. The number of aromatic nitrogens is 1. The van der Waals surface area contributed by atoms with E-state index < -0.39 is 0 Å². The molecule has 1 nitrogen and oxygen atoms in total. The van der Waals surface area contributed by atoms with Gasteiger partial charge in [0, 0.05) is 5.92 Å². The quantitative estimate of drug-likeness (QED) is 0.647. The molecule has 2 heteroatoms. The van der Waals surface area contributed by atoms with Crippen LogP contribution in [0.15, 0.2) is 24.3 Å². The Bertz CT molecular complexity index is 381. The minimum Gasteiger partial charge on any atom is -0.241 e. The van der Waals surface area contributed by atoms with Gasteiger partial charge < -0.3 is 0 Å². The number of nitrogens with zero attached hydrogens (tertiary/aromatic N) is 1. The Morgan fingerprint density at radius 1 is 1.17 bits per heavy atom. The summed E-state index contributed by atoms with van der Waals surface area (Å²) < 4.78 is 1.31. The number of benzene rings is 1. The van der Waals surface area contributed by atoms with Crippen molar-refractivity contribution in [2.24, 2.45) is 0 Å². The van der Waals surface area contributed by atoms with Crippen molar-refractivity contribution >= 4 is 21.6 Å². The molecule has 1 aromatic heterocycles. The summed E-state index contributed by atoms with van der Waals surface area (Å²) in [6.07, 6.45) is 2.53. The minimum absolute atomic E-state index is 1.15. The average Bonchev–Trinajstić information content (AvgIpc) is 2.85. The van der Waals surface area contributed by atoms with Crippen LogP contribution in [0.3, 0.4) is 0 Å². The van der Waals surface area contributed by atoms with Gasteiger partial charge in [0.15, 0.2) is 0 Å². The lowest BCUT2D eigenvalue weighted by atomic mass is 10.3. The van der Waals surface area contributed by atoms with Gasteiger partial charge in [0.25, 0.3) is 0 Å². The molecule has 0 saturated heterocycles. The summed E-state index contributed by atoms with van der Waals surface area (Å²) in [4.78, 5) is 4.56. The highest BCUT2D eigenvalue weighted by molar-refractivity contribution is 7.18. The maximum Gasteiger partial charge on any atom is 0.101 e. The number of hydrogen-bond donors (Lipinski definition) is 0. The van der Waals surface area contributed by atoms with Crippen molar-refractivity contribution in [2.45, 2.75) is 12.8 Å². The SMILES string of the molecule is c1ccc2sc([C]3CC3)nc2c1. The first-order chi connectivity index (χ1) is 5.93. The Balaban J connectivity index is 2.23. The van der Waals surface area contributed by atoms with E-state index in [-0.39, 0.29) is 0 Å². The van der Waals surface area contributed by atoms with Crippen LogP contribution in [0.2, 0.25) is 0 Å². The highest BCUT2D eigenvalue weighted by Gasteiger charge is 2.27. The van der Waals surface area contributed by atoms with Gasteiger partial charge in [0.05, 0.1) is 10.2 Å². The van der Waals surface area contributed by atoms with E-state index >= 15 is 0 Å². The molecule has 0 bridgehead atoms. The second kappa shape index (κ2) is 2.30. The van der Waals surface area contributed by atoms with Crippen molar-refractivity contribution in [3.63, 3.8) is 0 Å². The molecular formula is C10H8NS. The predicted molar refractivity (Wildman–Crippen MR) is 51.2 cm³/mol. The molecule has 1 heterocycles. The fraction of sp³-hybridized carbons (Fsp3) is 0.200. The normalized spacial score (nSPS) is 17.0. The van der Waals surface area contributed by atoms with Gasteiger partial charge in [-0.2, -0.15) is 0 Å². The lowest BCUT2D eigenvalue weighted by molar-refractivity contribution is 1.32. The van der Waals surface area contributed by atoms with E-state index in [0.29, 0.717) is 0 Å². The third kappa shape index (κ3) is 0.950. The first-order valence-electron chi connectivity index (χ1n) is 4.14. The summed E-state index contributed by atoms with van der Waals surface area (Å²) in [5.41, 5.74) is 1.15. The molecule has 0 atom stereocenters. The Labute approximate surface area is 75.1 Å². The van der Waals surface area contributed by atoms with Crippen molar-refractivity contribution < 1.29 is 0 Å². The predicted octanol–water partition coefficient (Wildman–Crippen LogP) is 3.01. The Morgan fingerprint density at radius 2 is 2.00 bits per heavy atom.